The van der Waals surface area contributed by atoms with Crippen molar-refractivity contribution in [1.82, 2.24) is 0 Å². The maximum absolute atomic E-state index is 10.8. The van der Waals surface area contributed by atoms with Gasteiger partial charge in [-0.1, -0.05) is 27.5 Å². The van der Waals surface area contributed by atoms with Gasteiger partial charge < -0.3 is 5.32 Å². The fourth-order valence-corrected chi connectivity index (χ4v) is 1.28. The molecule has 13 heavy (non-hydrogen) atoms. The molecule has 1 aromatic rings. The summed E-state index contributed by atoms with van der Waals surface area (Å²) in [4.78, 5) is 10.8. The van der Waals surface area contributed by atoms with Gasteiger partial charge in [0.25, 0.3) is 5.91 Å². The Bertz CT molecular complexity index is 384. The van der Waals surface area contributed by atoms with E-state index in [9.17, 15) is 4.79 Å². The molecule has 0 heterocycles. The van der Waals surface area contributed by atoms with Crippen molar-refractivity contribution in [2.75, 3.05) is 5.32 Å². The van der Waals surface area contributed by atoms with Gasteiger partial charge in [0.1, 0.15) is 0 Å². The predicted octanol–water partition coefficient (Wildman–Crippen LogP) is 2.67. The Morgan fingerprint density at radius 1 is 1.62 bits per heavy atom. The van der Waals surface area contributed by atoms with Gasteiger partial charge in [0.2, 0.25) is 0 Å². The maximum atomic E-state index is 10.8. The van der Waals surface area contributed by atoms with Gasteiger partial charge in [-0.2, -0.15) is 0 Å². The summed E-state index contributed by atoms with van der Waals surface area (Å²) in [5.41, 5.74) is 0.499. The minimum absolute atomic E-state index is 0.451. The molecule has 0 atom stereocenters. The topological polar surface area (TPSA) is 29.1 Å². The van der Waals surface area contributed by atoms with Crippen molar-refractivity contribution >= 4 is 39.1 Å². The molecule has 0 bridgehead atoms. The summed E-state index contributed by atoms with van der Waals surface area (Å²) < 4.78 is 0.823. The van der Waals surface area contributed by atoms with Crippen LogP contribution in [0.3, 0.4) is 0 Å². The standard InChI is InChI=1S/C9H5BrClNO/c1-2-9(13)12-8-5-6(10)3-4-7(8)11/h1,3-5H,(H,12,13). The average Bonchev–Trinajstić information content (AvgIpc) is 2.11. The molecule has 2 nitrogen and oxygen atoms in total. The van der Waals surface area contributed by atoms with Crippen LogP contribution in [0.1, 0.15) is 0 Å². The molecular weight excluding hydrogens is 253 g/mol. The van der Waals surface area contributed by atoms with Gasteiger partial charge in [0.05, 0.1) is 10.7 Å². The first-order valence-electron chi connectivity index (χ1n) is 3.36. The zero-order valence-corrected chi connectivity index (χ0v) is 8.82. The minimum atomic E-state index is -0.514. The Morgan fingerprint density at radius 2 is 2.31 bits per heavy atom. The third-order valence-corrected chi connectivity index (χ3v) is 2.13. The largest absolute Gasteiger partial charge is 0.314 e. The summed E-state index contributed by atoms with van der Waals surface area (Å²) in [5.74, 6) is 1.42. The Kier molecular flexibility index (Phi) is 3.35. The van der Waals surface area contributed by atoms with E-state index in [-0.39, 0.29) is 0 Å². The zero-order chi connectivity index (χ0) is 9.84. The van der Waals surface area contributed by atoms with Crippen molar-refractivity contribution < 1.29 is 4.79 Å². The molecule has 0 spiro atoms. The molecule has 1 amide bonds. The van der Waals surface area contributed by atoms with E-state index in [1.807, 2.05) is 5.92 Å². The highest BCUT2D eigenvalue weighted by Crippen LogP contribution is 2.25. The van der Waals surface area contributed by atoms with Gasteiger partial charge in [0, 0.05) is 4.47 Å². The number of terminal acetylenes is 1. The highest BCUT2D eigenvalue weighted by molar-refractivity contribution is 9.10. The van der Waals surface area contributed by atoms with E-state index in [0.29, 0.717) is 10.7 Å². The second kappa shape index (κ2) is 4.31. The van der Waals surface area contributed by atoms with Crippen molar-refractivity contribution in [2.45, 2.75) is 0 Å². The fraction of sp³-hybridized carbons (Fsp3) is 0. The lowest BCUT2D eigenvalue weighted by atomic mass is 10.3. The number of rotatable bonds is 1. The highest BCUT2D eigenvalue weighted by Gasteiger charge is 2.03. The van der Waals surface area contributed by atoms with E-state index in [0.717, 1.165) is 4.47 Å². The Labute approximate surface area is 89.4 Å². The predicted molar refractivity (Wildman–Crippen MR) is 56.6 cm³/mol. The molecule has 0 saturated heterocycles. The maximum Gasteiger partial charge on any atom is 0.300 e. The molecule has 1 N–H and O–H groups in total. The van der Waals surface area contributed by atoms with Gasteiger partial charge >= 0.3 is 0 Å². The fourth-order valence-electron chi connectivity index (χ4n) is 0.752. The molecule has 0 saturated carbocycles. The lowest BCUT2D eigenvalue weighted by Crippen LogP contribution is -2.08. The molecule has 0 radical (unpaired) electrons. The monoisotopic (exact) mass is 257 g/mol. The molecule has 0 unspecified atom stereocenters. The first-order chi connectivity index (χ1) is 6.13. The number of nitrogens with one attached hydrogen (secondary N) is 1. The molecule has 4 heteroatoms. The Morgan fingerprint density at radius 3 is 2.92 bits per heavy atom. The van der Waals surface area contributed by atoms with E-state index >= 15 is 0 Å². The van der Waals surface area contributed by atoms with Crippen molar-refractivity contribution in [3.05, 3.63) is 27.7 Å². The third kappa shape index (κ3) is 2.76. The smallest absolute Gasteiger partial charge is 0.300 e. The molecule has 0 aliphatic rings. The second-order valence-electron chi connectivity index (χ2n) is 2.22. The number of benzene rings is 1. The Hall–Kier alpha value is -0.980. The van der Waals surface area contributed by atoms with Crippen molar-refractivity contribution in [2.24, 2.45) is 0 Å². The quantitative estimate of drug-likeness (QED) is 0.771. The summed E-state index contributed by atoms with van der Waals surface area (Å²) >= 11 is 9.04. The summed E-state index contributed by atoms with van der Waals surface area (Å²) in [6.45, 7) is 0. The first-order valence-corrected chi connectivity index (χ1v) is 4.53. The van der Waals surface area contributed by atoms with Gasteiger partial charge in [-0.15, -0.1) is 6.42 Å². The average molecular weight is 259 g/mol. The van der Waals surface area contributed by atoms with Crippen LogP contribution in [0, 0.1) is 12.3 Å². The summed E-state index contributed by atoms with van der Waals surface area (Å²) in [6.07, 6.45) is 4.89. The number of hydrogen-bond donors (Lipinski definition) is 1. The second-order valence-corrected chi connectivity index (χ2v) is 3.55. The lowest BCUT2D eigenvalue weighted by molar-refractivity contribution is -0.111. The molecule has 66 valence electrons. The summed E-state index contributed by atoms with van der Waals surface area (Å²) in [6, 6.07) is 5.11. The van der Waals surface area contributed by atoms with Crippen LogP contribution in [0.2, 0.25) is 5.02 Å². The summed E-state index contributed by atoms with van der Waals surface area (Å²) in [5, 5.41) is 2.91. The van der Waals surface area contributed by atoms with Crippen LogP contribution in [0.4, 0.5) is 5.69 Å². The van der Waals surface area contributed by atoms with Crippen LogP contribution in [0.5, 0.6) is 0 Å². The van der Waals surface area contributed by atoms with Crippen LogP contribution in [-0.4, -0.2) is 5.91 Å². The van der Waals surface area contributed by atoms with E-state index in [2.05, 4.69) is 21.2 Å². The normalized spacial score (nSPS) is 9.00. The third-order valence-electron chi connectivity index (χ3n) is 1.31. The number of anilines is 1. The van der Waals surface area contributed by atoms with Gasteiger partial charge in [-0.05, 0) is 24.1 Å². The van der Waals surface area contributed by atoms with E-state index in [1.165, 1.54) is 0 Å². The van der Waals surface area contributed by atoms with Crippen LogP contribution in [0.15, 0.2) is 22.7 Å². The number of amides is 1. The Balaban J connectivity index is 2.95. The molecule has 1 aromatic carbocycles. The molecule has 1 rings (SSSR count). The van der Waals surface area contributed by atoms with E-state index in [1.54, 1.807) is 18.2 Å². The van der Waals surface area contributed by atoms with E-state index < -0.39 is 5.91 Å². The molecule has 0 fully saturated rings. The van der Waals surface area contributed by atoms with Gasteiger partial charge in [-0.25, -0.2) is 0 Å². The highest BCUT2D eigenvalue weighted by atomic mass is 79.9. The lowest BCUT2D eigenvalue weighted by Gasteiger charge is -2.03. The van der Waals surface area contributed by atoms with Gasteiger partial charge in [0.15, 0.2) is 0 Å². The minimum Gasteiger partial charge on any atom is -0.314 e. The molecule has 0 aromatic heterocycles. The first kappa shape index (κ1) is 10.1. The SMILES string of the molecule is C#CC(=O)Nc1cc(Br)ccc1Cl. The number of hydrogen-bond acceptors (Lipinski definition) is 1. The van der Waals surface area contributed by atoms with Crippen LogP contribution in [0.25, 0.3) is 0 Å². The van der Waals surface area contributed by atoms with Crippen LogP contribution >= 0.6 is 27.5 Å². The molecular formula is C9H5BrClNO. The van der Waals surface area contributed by atoms with Crippen molar-refractivity contribution in [3.63, 3.8) is 0 Å². The van der Waals surface area contributed by atoms with Crippen LogP contribution in [-0.2, 0) is 4.79 Å². The molecule has 0 aliphatic carbocycles. The van der Waals surface area contributed by atoms with Crippen molar-refractivity contribution in [3.8, 4) is 12.3 Å². The molecule has 0 aliphatic heterocycles. The zero-order valence-electron chi connectivity index (χ0n) is 6.47. The van der Waals surface area contributed by atoms with E-state index in [4.69, 9.17) is 18.0 Å². The van der Waals surface area contributed by atoms with Crippen molar-refractivity contribution in [1.29, 1.82) is 0 Å². The summed E-state index contributed by atoms with van der Waals surface area (Å²) in [7, 11) is 0. The number of carbonyl (C=O) groups is 1. The van der Waals surface area contributed by atoms with Crippen LogP contribution < -0.4 is 5.32 Å². The number of halogens is 2. The number of carbonyl (C=O) groups excluding carboxylic acids is 1. The van der Waals surface area contributed by atoms with Gasteiger partial charge in [-0.3, -0.25) is 4.79 Å².